The molecule has 4 heteroatoms. The molecule has 0 radical (unpaired) electrons. The summed E-state index contributed by atoms with van der Waals surface area (Å²) in [5, 5.41) is 0. The third-order valence-electron chi connectivity index (χ3n) is 4.82. The van der Waals surface area contributed by atoms with Gasteiger partial charge in [-0.25, -0.2) is 0 Å². The molecule has 0 aliphatic carbocycles. The predicted molar refractivity (Wildman–Crippen MR) is 97.2 cm³/mol. The lowest BCUT2D eigenvalue weighted by Crippen LogP contribution is -2.55. The van der Waals surface area contributed by atoms with Gasteiger partial charge in [0.05, 0.1) is 12.2 Å². The maximum Gasteiger partial charge on any atom is 0.271 e. The van der Waals surface area contributed by atoms with Gasteiger partial charge in [-0.3, -0.25) is 4.79 Å². The molecule has 3 rings (SSSR count). The van der Waals surface area contributed by atoms with Gasteiger partial charge in [-0.2, -0.15) is 0 Å². The summed E-state index contributed by atoms with van der Waals surface area (Å²) in [6.45, 7) is 6.56. The maximum absolute atomic E-state index is 13.2. The molecule has 0 atom stereocenters. The van der Waals surface area contributed by atoms with Crippen molar-refractivity contribution in [1.29, 1.82) is 0 Å². The molecule has 0 saturated carbocycles. The number of carbonyl (C=O) groups excluding carboxylic acids is 1. The van der Waals surface area contributed by atoms with Crippen LogP contribution in [0.2, 0.25) is 0 Å². The molecule has 24 heavy (non-hydrogen) atoms. The molecule has 1 heterocycles. The van der Waals surface area contributed by atoms with E-state index in [4.69, 9.17) is 10.5 Å². The molecule has 0 spiro atoms. The minimum atomic E-state index is -0.798. The molecule has 1 aliphatic rings. The molecule has 0 bridgehead atoms. The van der Waals surface area contributed by atoms with Gasteiger partial charge in [0, 0.05) is 5.69 Å². The van der Waals surface area contributed by atoms with E-state index >= 15 is 0 Å². The number of ether oxygens (including phenoxy) is 1. The standard InChI is InChI=1S/C20H24N2O2/c1-4-20(5-2)19(23)22(13-15-8-6-14(3)7-9-15)17-12-16(21)10-11-18(17)24-20/h6-12H,4-5,13,21H2,1-3H3. The van der Waals surface area contributed by atoms with Gasteiger partial charge in [0.2, 0.25) is 0 Å². The fourth-order valence-electron chi connectivity index (χ4n) is 3.17. The molecule has 2 aromatic rings. The van der Waals surface area contributed by atoms with Crippen molar-refractivity contribution < 1.29 is 9.53 Å². The van der Waals surface area contributed by atoms with Crippen molar-refractivity contribution in [1.82, 2.24) is 0 Å². The summed E-state index contributed by atoms with van der Waals surface area (Å²) >= 11 is 0. The number of carbonyl (C=O) groups is 1. The third kappa shape index (κ3) is 2.73. The zero-order valence-electron chi connectivity index (χ0n) is 14.5. The summed E-state index contributed by atoms with van der Waals surface area (Å²) in [6.07, 6.45) is 1.27. The van der Waals surface area contributed by atoms with Gasteiger partial charge in [0.15, 0.2) is 5.60 Å². The minimum absolute atomic E-state index is 0.00572. The van der Waals surface area contributed by atoms with Gasteiger partial charge in [0.1, 0.15) is 5.75 Å². The van der Waals surface area contributed by atoms with Crippen LogP contribution in [0.15, 0.2) is 42.5 Å². The van der Waals surface area contributed by atoms with Crippen LogP contribution in [0.5, 0.6) is 5.75 Å². The first-order chi connectivity index (χ1) is 11.5. The van der Waals surface area contributed by atoms with E-state index in [1.54, 1.807) is 0 Å². The number of rotatable bonds is 4. The number of nitrogens with two attached hydrogens (primary N) is 1. The lowest BCUT2D eigenvalue weighted by atomic mass is 9.92. The Labute approximate surface area is 143 Å². The molecule has 0 unspecified atom stereocenters. The monoisotopic (exact) mass is 324 g/mol. The Morgan fingerprint density at radius 2 is 1.75 bits per heavy atom. The highest BCUT2D eigenvalue weighted by Crippen LogP contribution is 2.42. The van der Waals surface area contributed by atoms with E-state index in [2.05, 4.69) is 31.2 Å². The first kappa shape index (κ1) is 16.4. The van der Waals surface area contributed by atoms with Crippen molar-refractivity contribution in [3.05, 3.63) is 53.6 Å². The Morgan fingerprint density at radius 1 is 1.08 bits per heavy atom. The van der Waals surface area contributed by atoms with Gasteiger partial charge in [0.25, 0.3) is 5.91 Å². The average Bonchev–Trinajstić information content (AvgIpc) is 2.59. The van der Waals surface area contributed by atoms with E-state index in [0.717, 1.165) is 17.0 Å². The molecular weight excluding hydrogens is 300 g/mol. The number of nitrogens with zero attached hydrogens (tertiary/aromatic N) is 1. The number of benzene rings is 2. The smallest absolute Gasteiger partial charge is 0.271 e. The lowest BCUT2D eigenvalue weighted by molar-refractivity contribution is -0.136. The second kappa shape index (κ2) is 6.19. The fourth-order valence-corrected chi connectivity index (χ4v) is 3.17. The van der Waals surface area contributed by atoms with Crippen molar-refractivity contribution in [3.8, 4) is 5.75 Å². The van der Waals surface area contributed by atoms with Crippen LogP contribution < -0.4 is 15.4 Å². The first-order valence-corrected chi connectivity index (χ1v) is 8.45. The Kier molecular flexibility index (Phi) is 4.22. The maximum atomic E-state index is 13.2. The van der Waals surface area contributed by atoms with Crippen molar-refractivity contribution in [2.24, 2.45) is 0 Å². The lowest BCUT2D eigenvalue weighted by Gasteiger charge is -2.42. The molecule has 2 N–H and O–H groups in total. The number of aryl methyl sites for hydroxylation is 1. The van der Waals surface area contributed by atoms with E-state index in [9.17, 15) is 4.79 Å². The van der Waals surface area contributed by atoms with E-state index in [1.807, 2.05) is 36.9 Å². The summed E-state index contributed by atoms with van der Waals surface area (Å²) in [5.41, 5.74) is 8.81. The van der Waals surface area contributed by atoms with Crippen LogP contribution in [-0.2, 0) is 11.3 Å². The largest absolute Gasteiger partial charge is 0.475 e. The van der Waals surface area contributed by atoms with E-state index in [-0.39, 0.29) is 5.91 Å². The Morgan fingerprint density at radius 3 is 2.38 bits per heavy atom. The molecule has 0 aromatic heterocycles. The van der Waals surface area contributed by atoms with Gasteiger partial charge >= 0.3 is 0 Å². The highest BCUT2D eigenvalue weighted by atomic mass is 16.5. The second-order valence-corrected chi connectivity index (χ2v) is 6.41. The number of hydrogen-bond donors (Lipinski definition) is 1. The van der Waals surface area contributed by atoms with E-state index in [0.29, 0.717) is 25.1 Å². The van der Waals surface area contributed by atoms with Crippen LogP contribution in [0.1, 0.15) is 37.8 Å². The quantitative estimate of drug-likeness (QED) is 0.863. The van der Waals surface area contributed by atoms with Gasteiger partial charge in [-0.05, 0) is 43.5 Å². The number of fused-ring (bicyclic) bond motifs is 1. The van der Waals surface area contributed by atoms with Gasteiger partial charge in [-0.15, -0.1) is 0 Å². The highest BCUT2D eigenvalue weighted by molar-refractivity contribution is 6.03. The van der Waals surface area contributed by atoms with E-state index in [1.165, 1.54) is 5.56 Å². The number of hydrogen-bond acceptors (Lipinski definition) is 3. The van der Waals surface area contributed by atoms with Crippen LogP contribution in [0.3, 0.4) is 0 Å². The second-order valence-electron chi connectivity index (χ2n) is 6.41. The number of nitrogen functional groups attached to an aromatic ring is 1. The molecule has 4 nitrogen and oxygen atoms in total. The van der Waals surface area contributed by atoms with E-state index < -0.39 is 5.60 Å². The average molecular weight is 324 g/mol. The van der Waals surface area contributed by atoms with Crippen LogP contribution in [-0.4, -0.2) is 11.5 Å². The summed E-state index contributed by atoms with van der Waals surface area (Å²) in [6, 6.07) is 13.7. The molecule has 0 fully saturated rings. The Balaban J connectivity index is 2.05. The molecule has 126 valence electrons. The molecule has 1 amide bonds. The normalized spacial score (nSPS) is 15.8. The van der Waals surface area contributed by atoms with Gasteiger partial charge < -0.3 is 15.4 Å². The third-order valence-corrected chi connectivity index (χ3v) is 4.82. The van der Waals surface area contributed by atoms with Gasteiger partial charge in [-0.1, -0.05) is 43.7 Å². The van der Waals surface area contributed by atoms with Crippen molar-refractivity contribution in [3.63, 3.8) is 0 Å². The van der Waals surface area contributed by atoms with Crippen molar-refractivity contribution in [2.45, 2.75) is 45.8 Å². The minimum Gasteiger partial charge on any atom is -0.475 e. The van der Waals surface area contributed by atoms with Crippen molar-refractivity contribution in [2.75, 3.05) is 10.6 Å². The molecular formula is C20H24N2O2. The summed E-state index contributed by atoms with van der Waals surface area (Å²) in [5.74, 6) is 0.728. The Hall–Kier alpha value is -2.49. The topological polar surface area (TPSA) is 55.6 Å². The summed E-state index contributed by atoms with van der Waals surface area (Å²) < 4.78 is 6.13. The molecule has 0 saturated heterocycles. The fraction of sp³-hybridized carbons (Fsp3) is 0.350. The zero-order chi connectivity index (χ0) is 17.3. The summed E-state index contributed by atoms with van der Waals surface area (Å²) in [4.78, 5) is 15.0. The number of anilines is 2. The Bertz CT molecular complexity index is 749. The highest BCUT2D eigenvalue weighted by Gasteiger charge is 2.45. The summed E-state index contributed by atoms with van der Waals surface area (Å²) in [7, 11) is 0. The van der Waals surface area contributed by atoms with Crippen LogP contribution in [0.4, 0.5) is 11.4 Å². The molecule has 2 aromatic carbocycles. The SMILES string of the molecule is CCC1(CC)Oc2ccc(N)cc2N(Cc2ccc(C)cc2)C1=O. The first-order valence-electron chi connectivity index (χ1n) is 8.45. The number of amides is 1. The van der Waals surface area contributed by atoms with Crippen LogP contribution in [0, 0.1) is 6.92 Å². The molecule has 1 aliphatic heterocycles. The van der Waals surface area contributed by atoms with Crippen molar-refractivity contribution >= 4 is 17.3 Å². The van der Waals surface area contributed by atoms with Crippen LogP contribution in [0.25, 0.3) is 0 Å². The van der Waals surface area contributed by atoms with Crippen LogP contribution >= 0.6 is 0 Å². The predicted octanol–water partition coefficient (Wildman–Crippen LogP) is 4.06. The zero-order valence-corrected chi connectivity index (χ0v) is 14.5.